The fourth-order valence-electron chi connectivity index (χ4n) is 8.46. The first-order valence-corrected chi connectivity index (χ1v) is 18.0. The van der Waals surface area contributed by atoms with Crippen LogP contribution >= 0.6 is 11.3 Å². The SMILES string of the molecule is CC1CCC(c2csc3cc(C(F)(F)F)ccc23)(C(C)C)C(C(NS(=O)(=O)c2ccc(F)cc2)C2CC2)(N2CCNCC2)C1. The lowest BCUT2D eigenvalue weighted by molar-refractivity contribution is -0.137. The molecule has 0 radical (unpaired) electrons. The van der Waals surface area contributed by atoms with Crippen LogP contribution in [-0.4, -0.2) is 51.1 Å². The van der Waals surface area contributed by atoms with Crippen LogP contribution in [0.2, 0.25) is 0 Å². The van der Waals surface area contributed by atoms with E-state index in [0.29, 0.717) is 10.6 Å². The summed E-state index contributed by atoms with van der Waals surface area (Å²) in [6.07, 6.45) is -0.153. The highest BCUT2D eigenvalue weighted by molar-refractivity contribution is 7.89. The van der Waals surface area contributed by atoms with E-state index in [1.807, 2.05) is 0 Å². The summed E-state index contributed by atoms with van der Waals surface area (Å²) in [5.74, 6) is -0.0141. The average molecular weight is 652 g/mol. The Hall–Kier alpha value is -2.05. The van der Waals surface area contributed by atoms with E-state index in [4.69, 9.17) is 0 Å². The van der Waals surface area contributed by atoms with Crippen LogP contribution in [0.5, 0.6) is 0 Å². The third-order valence-electron chi connectivity index (χ3n) is 10.5. The molecule has 240 valence electrons. The summed E-state index contributed by atoms with van der Waals surface area (Å²) in [7, 11) is -4.02. The van der Waals surface area contributed by atoms with Crippen LogP contribution < -0.4 is 10.0 Å². The zero-order valence-electron chi connectivity index (χ0n) is 25.4. The lowest BCUT2D eigenvalue weighted by Crippen LogP contribution is -2.77. The second kappa shape index (κ2) is 11.6. The third kappa shape index (κ3) is 5.40. The number of hydrogen-bond donors (Lipinski definition) is 2. The van der Waals surface area contributed by atoms with Gasteiger partial charge in [0.1, 0.15) is 5.82 Å². The van der Waals surface area contributed by atoms with E-state index in [0.717, 1.165) is 69.2 Å². The number of thiophene rings is 1. The first kappa shape index (κ1) is 31.9. The van der Waals surface area contributed by atoms with E-state index in [1.165, 1.54) is 47.7 Å². The molecule has 0 bridgehead atoms. The minimum Gasteiger partial charge on any atom is -0.314 e. The molecule has 2 aromatic carbocycles. The predicted octanol–water partition coefficient (Wildman–Crippen LogP) is 7.17. The second-order valence-corrected chi connectivity index (χ2v) is 16.0. The predicted molar refractivity (Wildman–Crippen MR) is 167 cm³/mol. The van der Waals surface area contributed by atoms with Crippen molar-refractivity contribution in [3.05, 3.63) is 64.8 Å². The zero-order chi connectivity index (χ0) is 31.5. The fraction of sp³-hybridized carbons (Fsp3) is 0.576. The smallest absolute Gasteiger partial charge is 0.314 e. The van der Waals surface area contributed by atoms with E-state index in [2.05, 4.69) is 41.1 Å². The van der Waals surface area contributed by atoms with Gasteiger partial charge in [0.2, 0.25) is 10.0 Å². The summed E-state index contributed by atoms with van der Waals surface area (Å²) < 4.78 is 86.9. The normalized spacial score (nSPS) is 28.0. The molecule has 4 atom stereocenters. The van der Waals surface area contributed by atoms with Gasteiger partial charge in [-0.05, 0) is 103 Å². The van der Waals surface area contributed by atoms with Gasteiger partial charge in [-0.2, -0.15) is 13.2 Å². The van der Waals surface area contributed by atoms with Crippen molar-refractivity contribution >= 4 is 31.4 Å². The van der Waals surface area contributed by atoms with Crippen LogP contribution in [-0.2, 0) is 21.6 Å². The zero-order valence-corrected chi connectivity index (χ0v) is 27.0. The summed E-state index contributed by atoms with van der Waals surface area (Å²) in [6, 6.07) is 8.58. The molecule has 1 saturated heterocycles. The molecule has 2 N–H and O–H groups in total. The van der Waals surface area contributed by atoms with Gasteiger partial charge in [0.15, 0.2) is 0 Å². The topological polar surface area (TPSA) is 61.4 Å². The highest BCUT2D eigenvalue weighted by Crippen LogP contribution is 2.61. The van der Waals surface area contributed by atoms with Crippen molar-refractivity contribution < 1.29 is 26.0 Å². The monoisotopic (exact) mass is 651 g/mol. The van der Waals surface area contributed by atoms with Crippen molar-refractivity contribution in [3.8, 4) is 0 Å². The van der Waals surface area contributed by atoms with E-state index in [-0.39, 0.29) is 16.7 Å². The molecule has 11 heteroatoms. The highest BCUT2D eigenvalue weighted by Gasteiger charge is 2.66. The maximum Gasteiger partial charge on any atom is 0.416 e. The van der Waals surface area contributed by atoms with E-state index < -0.39 is 44.6 Å². The quantitative estimate of drug-likeness (QED) is 0.254. The molecule has 4 unspecified atom stereocenters. The average Bonchev–Trinajstić information content (AvgIpc) is 3.74. The van der Waals surface area contributed by atoms with Crippen LogP contribution in [0, 0.1) is 23.6 Å². The minimum atomic E-state index is -4.44. The Morgan fingerprint density at radius 3 is 2.34 bits per heavy atom. The Kier molecular flexibility index (Phi) is 8.44. The molecular weight excluding hydrogens is 611 g/mol. The number of fused-ring (bicyclic) bond motifs is 1. The number of piperazine rings is 1. The van der Waals surface area contributed by atoms with Crippen LogP contribution in [0.15, 0.2) is 52.7 Å². The van der Waals surface area contributed by atoms with Gasteiger partial charge in [0.05, 0.1) is 10.5 Å². The van der Waals surface area contributed by atoms with Gasteiger partial charge in [0.25, 0.3) is 0 Å². The van der Waals surface area contributed by atoms with Crippen LogP contribution in [0.3, 0.4) is 0 Å². The summed E-state index contributed by atoms with van der Waals surface area (Å²) >= 11 is 1.34. The highest BCUT2D eigenvalue weighted by atomic mass is 32.2. The van der Waals surface area contributed by atoms with Crippen LogP contribution in [0.4, 0.5) is 17.6 Å². The van der Waals surface area contributed by atoms with E-state index >= 15 is 0 Å². The number of sulfonamides is 1. The second-order valence-electron chi connectivity index (χ2n) is 13.4. The standard InChI is InChI=1S/C33H41F4N3O2S2/c1-21(2)31(28-20-43-29-18-24(33(35,36)37)6-11-27(28)29)13-12-22(3)19-32(31,40-16-14-38-15-17-40)30(23-4-5-23)39-44(41,42)26-9-7-25(34)8-10-26/h6-11,18,20-23,30,38-39H,4-5,12-17,19H2,1-3H3. The molecule has 2 aliphatic carbocycles. The van der Waals surface area contributed by atoms with E-state index in [9.17, 15) is 26.0 Å². The van der Waals surface area contributed by atoms with Gasteiger partial charge in [0, 0.05) is 47.9 Å². The number of rotatable bonds is 8. The van der Waals surface area contributed by atoms with Gasteiger partial charge < -0.3 is 5.32 Å². The minimum absolute atomic E-state index is 0.0275. The molecule has 3 aromatic rings. The summed E-state index contributed by atoms with van der Waals surface area (Å²) in [5, 5.41) is 6.34. The molecule has 2 heterocycles. The van der Waals surface area contributed by atoms with Crippen LogP contribution in [0.1, 0.15) is 64.0 Å². The van der Waals surface area contributed by atoms with Gasteiger partial charge in [-0.25, -0.2) is 17.5 Å². The lowest BCUT2D eigenvalue weighted by Gasteiger charge is -2.65. The van der Waals surface area contributed by atoms with Gasteiger partial charge in [-0.3, -0.25) is 4.90 Å². The molecule has 0 spiro atoms. The number of alkyl halides is 3. The Balaban J connectivity index is 1.59. The molecule has 5 nitrogen and oxygen atoms in total. The largest absolute Gasteiger partial charge is 0.416 e. The molecule has 6 rings (SSSR count). The third-order valence-corrected chi connectivity index (χ3v) is 12.9. The van der Waals surface area contributed by atoms with Crippen LogP contribution in [0.25, 0.3) is 10.1 Å². The van der Waals surface area contributed by atoms with Gasteiger partial charge in [-0.1, -0.05) is 26.8 Å². The van der Waals surface area contributed by atoms with Crippen molar-refractivity contribution in [2.24, 2.45) is 17.8 Å². The van der Waals surface area contributed by atoms with Crippen molar-refractivity contribution in [2.45, 2.75) is 80.9 Å². The molecule has 3 aliphatic rings. The number of nitrogens with zero attached hydrogens (tertiary/aromatic N) is 1. The number of benzene rings is 2. The number of hydrogen-bond acceptors (Lipinski definition) is 5. The van der Waals surface area contributed by atoms with Crippen molar-refractivity contribution in [1.29, 1.82) is 0 Å². The number of nitrogens with one attached hydrogen (secondary N) is 2. The fourth-order valence-corrected chi connectivity index (χ4v) is 10.9. The first-order chi connectivity index (χ1) is 20.8. The Morgan fingerprint density at radius 2 is 1.73 bits per heavy atom. The Labute approximate surface area is 261 Å². The summed E-state index contributed by atoms with van der Waals surface area (Å²) in [4.78, 5) is 2.54. The maximum atomic E-state index is 14.1. The number of halogens is 4. The molecule has 0 amide bonds. The van der Waals surface area contributed by atoms with Crippen molar-refractivity contribution in [1.82, 2.24) is 14.9 Å². The molecule has 1 aliphatic heterocycles. The van der Waals surface area contributed by atoms with Crippen molar-refractivity contribution in [2.75, 3.05) is 26.2 Å². The van der Waals surface area contributed by atoms with Gasteiger partial charge in [-0.15, -0.1) is 11.3 Å². The molecule has 1 aromatic heterocycles. The Bertz CT molecular complexity index is 1600. The maximum absolute atomic E-state index is 14.1. The van der Waals surface area contributed by atoms with Crippen molar-refractivity contribution in [3.63, 3.8) is 0 Å². The van der Waals surface area contributed by atoms with E-state index in [1.54, 1.807) is 6.07 Å². The molecular formula is C33H41F4N3O2S2. The molecule has 44 heavy (non-hydrogen) atoms. The molecule has 3 fully saturated rings. The lowest BCUT2D eigenvalue weighted by atomic mass is 9.48. The molecule has 2 saturated carbocycles. The van der Waals surface area contributed by atoms with Gasteiger partial charge >= 0.3 is 6.18 Å². The summed E-state index contributed by atoms with van der Waals surface area (Å²) in [5.41, 5.74) is -0.830. The summed E-state index contributed by atoms with van der Waals surface area (Å²) in [6.45, 7) is 9.64. The Morgan fingerprint density at radius 1 is 1.05 bits per heavy atom. The first-order valence-electron chi connectivity index (χ1n) is 15.6.